The first-order chi connectivity index (χ1) is 13.1. The van der Waals surface area contributed by atoms with Crippen LogP contribution in [-0.4, -0.2) is 24.7 Å². The summed E-state index contributed by atoms with van der Waals surface area (Å²) in [6.07, 6.45) is -1.22. The maximum absolute atomic E-state index is 12.9. The number of aromatic nitrogens is 2. The lowest BCUT2D eigenvalue weighted by molar-refractivity contribution is -0.142. The summed E-state index contributed by atoms with van der Waals surface area (Å²) in [4.78, 5) is 0.171. The van der Waals surface area contributed by atoms with Crippen LogP contribution >= 0.6 is 15.9 Å². The Morgan fingerprint density at radius 1 is 1.18 bits per heavy atom. The number of unbranched alkanes of at least 4 members (excludes halogenated alkanes) is 1. The predicted molar refractivity (Wildman–Crippen MR) is 105 cm³/mol. The van der Waals surface area contributed by atoms with Crippen molar-refractivity contribution in [2.45, 2.75) is 57.1 Å². The molecule has 2 rings (SSSR count). The summed E-state index contributed by atoms with van der Waals surface area (Å²) in [7, 11) is -3.66. The van der Waals surface area contributed by atoms with Crippen molar-refractivity contribution in [3.8, 4) is 0 Å². The average Bonchev–Trinajstić information content (AvgIpc) is 2.92. The fourth-order valence-electron chi connectivity index (χ4n) is 2.66. The number of alkyl halides is 3. The lowest BCUT2D eigenvalue weighted by Gasteiger charge is -2.09. The number of benzene rings is 1. The van der Waals surface area contributed by atoms with E-state index >= 15 is 0 Å². The summed E-state index contributed by atoms with van der Waals surface area (Å²) in [6, 6.07) is 6.73. The predicted octanol–water partition coefficient (Wildman–Crippen LogP) is 4.68. The molecule has 156 valence electrons. The molecule has 0 saturated carbocycles. The Balaban J connectivity index is 1.92. The SMILES string of the molecule is CCCCc1ccc(S(=O)(=O)NCCCn2nc(C(F)(F)F)c(Br)c2C)cc1. The highest BCUT2D eigenvalue weighted by Crippen LogP contribution is 2.35. The number of hydrogen-bond donors (Lipinski definition) is 1. The number of hydrogen-bond acceptors (Lipinski definition) is 3. The second-order valence-corrected chi connectivity index (χ2v) is 9.03. The maximum Gasteiger partial charge on any atom is 0.436 e. The highest BCUT2D eigenvalue weighted by Gasteiger charge is 2.37. The zero-order chi connectivity index (χ0) is 20.9. The van der Waals surface area contributed by atoms with Crippen LogP contribution < -0.4 is 4.72 Å². The van der Waals surface area contributed by atoms with Crippen LogP contribution in [0.2, 0.25) is 0 Å². The van der Waals surface area contributed by atoms with Crippen LogP contribution in [0.1, 0.15) is 43.1 Å². The quantitative estimate of drug-likeness (QED) is 0.528. The Morgan fingerprint density at radius 3 is 2.36 bits per heavy atom. The largest absolute Gasteiger partial charge is 0.436 e. The van der Waals surface area contributed by atoms with Gasteiger partial charge in [-0.05, 0) is 59.8 Å². The van der Waals surface area contributed by atoms with Gasteiger partial charge in [0.1, 0.15) is 0 Å². The van der Waals surface area contributed by atoms with Gasteiger partial charge in [0.25, 0.3) is 0 Å². The molecule has 0 bridgehead atoms. The third kappa shape index (κ3) is 5.81. The minimum atomic E-state index is -4.54. The molecule has 1 aromatic carbocycles. The van der Waals surface area contributed by atoms with E-state index in [2.05, 4.69) is 32.7 Å². The Hall–Kier alpha value is -1.39. The standard InChI is InChI=1S/C18H23BrF3N3O2S/c1-3-4-6-14-7-9-15(10-8-14)28(26,27)23-11-5-12-25-13(2)16(19)17(24-25)18(20,21)22/h7-10,23H,3-6,11-12H2,1-2H3. The first kappa shape index (κ1) is 22.9. The molecule has 1 heterocycles. The minimum absolute atomic E-state index is 0.0938. The molecule has 5 nitrogen and oxygen atoms in total. The van der Waals surface area contributed by atoms with Gasteiger partial charge in [-0.3, -0.25) is 4.68 Å². The van der Waals surface area contributed by atoms with E-state index in [1.807, 2.05) is 0 Å². The highest BCUT2D eigenvalue weighted by molar-refractivity contribution is 9.10. The van der Waals surface area contributed by atoms with Crippen LogP contribution in [0.15, 0.2) is 33.6 Å². The van der Waals surface area contributed by atoms with E-state index in [0.717, 1.165) is 24.8 Å². The molecule has 0 aliphatic heterocycles. The average molecular weight is 482 g/mol. The second-order valence-electron chi connectivity index (χ2n) is 6.47. The van der Waals surface area contributed by atoms with E-state index in [0.29, 0.717) is 12.1 Å². The van der Waals surface area contributed by atoms with E-state index < -0.39 is 21.9 Å². The molecule has 1 aromatic heterocycles. The van der Waals surface area contributed by atoms with E-state index in [1.165, 1.54) is 11.6 Å². The van der Waals surface area contributed by atoms with Crippen molar-refractivity contribution < 1.29 is 21.6 Å². The van der Waals surface area contributed by atoms with Crippen molar-refractivity contribution in [2.75, 3.05) is 6.54 Å². The lowest BCUT2D eigenvalue weighted by atomic mass is 10.1. The summed E-state index contributed by atoms with van der Waals surface area (Å²) >= 11 is 2.91. The van der Waals surface area contributed by atoms with Gasteiger partial charge >= 0.3 is 6.18 Å². The Kier molecular flexibility index (Phi) is 7.69. The third-order valence-corrected chi connectivity index (χ3v) is 6.72. The van der Waals surface area contributed by atoms with E-state index in [1.54, 1.807) is 24.3 Å². The summed E-state index contributed by atoms with van der Waals surface area (Å²) in [6.45, 7) is 3.88. The lowest BCUT2D eigenvalue weighted by Crippen LogP contribution is -2.25. The van der Waals surface area contributed by atoms with Crippen molar-refractivity contribution in [3.05, 3.63) is 45.7 Å². The minimum Gasteiger partial charge on any atom is -0.268 e. The van der Waals surface area contributed by atoms with Gasteiger partial charge < -0.3 is 0 Å². The molecule has 10 heteroatoms. The number of nitrogens with one attached hydrogen (secondary N) is 1. The molecule has 1 N–H and O–H groups in total. The number of nitrogens with zero attached hydrogens (tertiary/aromatic N) is 2. The molecule has 2 aromatic rings. The molecule has 0 spiro atoms. The second kappa shape index (κ2) is 9.41. The van der Waals surface area contributed by atoms with Crippen LogP contribution in [0.5, 0.6) is 0 Å². The van der Waals surface area contributed by atoms with Gasteiger partial charge in [0.15, 0.2) is 5.69 Å². The molecule has 0 saturated heterocycles. The van der Waals surface area contributed by atoms with Crippen LogP contribution in [0, 0.1) is 6.92 Å². The van der Waals surface area contributed by atoms with Gasteiger partial charge in [0.2, 0.25) is 10.0 Å². The molecular formula is C18H23BrF3N3O2S. The van der Waals surface area contributed by atoms with Crippen molar-refractivity contribution in [1.82, 2.24) is 14.5 Å². The van der Waals surface area contributed by atoms with Gasteiger partial charge in [-0.25, -0.2) is 13.1 Å². The van der Waals surface area contributed by atoms with Gasteiger partial charge in [0, 0.05) is 13.1 Å². The van der Waals surface area contributed by atoms with E-state index in [9.17, 15) is 21.6 Å². The Morgan fingerprint density at radius 2 is 1.82 bits per heavy atom. The molecule has 0 aliphatic carbocycles. The van der Waals surface area contributed by atoms with Gasteiger partial charge in [-0.1, -0.05) is 25.5 Å². The van der Waals surface area contributed by atoms with Gasteiger partial charge in [-0.2, -0.15) is 18.3 Å². The fraction of sp³-hybridized carbons (Fsp3) is 0.500. The Labute approximate surface area is 171 Å². The Bertz CT molecular complexity index is 894. The number of rotatable bonds is 9. The van der Waals surface area contributed by atoms with E-state index in [4.69, 9.17) is 0 Å². The van der Waals surface area contributed by atoms with Crippen LogP contribution in [0.25, 0.3) is 0 Å². The van der Waals surface area contributed by atoms with Crippen molar-refractivity contribution in [2.24, 2.45) is 0 Å². The van der Waals surface area contributed by atoms with E-state index in [-0.39, 0.29) is 22.5 Å². The number of aryl methyl sites for hydroxylation is 2. The molecule has 0 radical (unpaired) electrons. The molecular weight excluding hydrogens is 459 g/mol. The summed E-state index contributed by atoms with van der Waals surface area (Å²) in [5.74, 6) is 0. The monoisotopic (exact) mass is 481 g/mol. The van der Waals surface area contributed by atoms with Gasteiger partial charge in [-0.15, -0.1) is 0 Å². The van der Waals surface area contributed by atoms with Crippen molar-refractivity contribution >= 4 is 26.0 Å². The zero-order valence-corrected chi connectivity index (χ0v) is 18.1. The summed E-state index contributed by atoms with van der Waals surface area (Å²) in [5.41, 5.74) is 0.451. The summed E-state index contributed by atoms with van der Waals surface area (Å²) < 4.78 is 66.9. The molecule has 0 atom stereocenters. The van der Waals surface area contributed by atoms with Crippen LogP contribution in [0.3, 0.4) is 0 Å². The number of sulfonamides is 1. The smallest absolute Gasteiger partial charge is 0.268 e. The first-order valence-corrected chi connectivity index (χ1v) is 11.2. The maximum atomic E-state index is 12.9. The third-order valence-electron chi connectivity index (χ3n) is 4.29. The van der Waals surface area contributed by atoms with Crippen LogP contribution in [-0.2, 0) is 29.2 Å². The normalized spacial score (nSPS) is 12.5. The molecule has 0 aliphatic rings. The molecule has 0 unspecified atom stereocenters. The molecule has 28 heavy (non-hydrogen) atoms. The summed E-state index contributed by atoms with van der Waals surface area (Å²) in [5, 5.41) is 3.57. The zero-order valence-electron chi connectivity index (χ0n) is 15.7. The topological polar surface area (TPSA) is 64.0 Å². The fourth-order valence-corrected chi connectivity index (χ4v) is 4.24. The van der Waals surface area contributed by atoms with Gasteiger partial charge in [0.05, 0.1) is 15.1 Å². The first-order valence-electron chi connectivity index (χ1n) is 8.95. The molecule has 0 amide bonds. The highest BCUT2D eigenvalue weighted by atomic mass is 79.9. The van der Waals surface area contributed by atoms with Crippen molar-refractivity contribution in [1.29, 1.82) is 0 Å². The van der Waals surface area contributed by atoms with Crippen LogP contribution in [0.4, 0.5) is 13.2 Å². The molecule has 0 fully saturated rings. The van der Waals surface area contributed by atoms with Crippen molar-refractivity contribution in [3.63, 3.8) is 0 Å². The number of halogens is 4.